The van der Waals surface area contributed by atoms with Crippen molar-refractivity contribution in [1.82, 2.24) is 0 Å². The number of hydrogen-bond donors (Lipinski definition) is 1. The molecule has 0 aromatic heterocycles. The Balaban J connectivity index is 2.35. The zero-order valence-corrected chi connectivity index (χ0v) is 15.2. The number of benzene rings is 1. The molecule has 1 aromatic carbocycles. The van der Waals surface area contributed by atoms with Gasteiger partial charge in [0, 0.05) is 14.9 Å². The maximum absolute atomic E-state index is 13.1. The number of thioether (sulfide) groups is 1. The molecule has 0 aliphatic carbocycles. The van der Waals surface area contributed by atoms with Gasteiger partial charge in [-0.15, -0.1) is 11.8 Å². The minimum Gasteiger partial charge on any atom is -0.465 e. The van der Waals surface area contributed by atoms with Crippen LogP contribution in [0.15, 0.2) is 29.2 Å². The first kappa shape index (κ1) is 20.5. The monoisotopic (exact) mass is 484 g/mol. The molecule has 11 heteroatoms. The van der Waals surface area contributed by atoms with Crippen LogP contribution in [0.3, 0.4) is 0 Å². The number of esters is 1. The Morgan fingerprint density at radius 3 is 2.43 bits per heavy atom. The van der Waals surface area contributed by atoms with E-state index < -0.39 is 40.5 Å². The summed E-state index contributed by atoms with van der Waals surface area (Å²) in [5, 5.41) is -4.94. The molecular weight excluding hydrogens is 472 g/mol. The molecule has 1 N–H and O–H groups in total. The zero-order chi connectivity index (χ0) is 17.7. The van der Waals surface area contributed by atoms with Gasteiger partial charge in [-0.05, 0) is 46.9 Å². The summed E-state index contributed by atoms with van der Waals surface area (Å²) in [6.07, 6.45) is -4.22. The predicted octanol–water partition coefficient (Wildman–Crippen LogP) is 3.14. The molecule has 23 heavy (non-hydrogen) atoms. The number of halogens is 4. The second kappa shape index (κ2) is 8.53. The maximum atomic E-state index is 13.1. The Kier molecular flexibility index (Phi) is 7.61. The molecule has 0 amide bonds. The van der Waals surface area contributed by atoms with E-state index in [1.165, 1.54) is 0 Å². The number of alkyl halides is 3. The van der Waals surface area contributed by atoms with Crippen LogP contribution < -0.4 is 0 Å². The summed E-state index contributed by atoms with van der Waals surface area (Å²) in [5.74, 6) is -0.859. The molecule has 0 aliphatic rings. The Morgan fingerprint density at radius 2 is 1.91 bits per heavy atom. The summed E-state index contributed by atoms with van der Waals surface area (Å²) in [7, 11) is -5.86. The van der Waals surface area contributed by atoms with E-state index in [4.69, 9.17) is 4.55 Å². The quantitative estimate of drug-likeness (QED) is 0.265. The standard InChI is InChI=1S/C12H12F3IO5S2/c13-10(12(14,15)23(18,19)20)5-6-21-11(17)7-22-9-3-1-8(16)2-4-9/h1-4,10H,5-7H2,(H,18,19,20). The summed E-state index contributed by atoms with van der Waals surface area (Å²) in [5.41, 5.74) is 0. The average Bonchev–Trinajstić information content (AvgIpc) is 2.45. The highest BCUT2D eigenvalue weighted by molar-refractivity contribution is 14.1. The number of hydrogen-bond acceptors (Lipinski definition) is 5. The van der Waals surface area contributed by atoms with E-state index in [0.29, 0.717) is 0 Å². The first-order chi connectivity index (χ1) is 10.5. The number of ether oxygens (including phenoxy) is 1. The van der Waals surface area contributed by atoms with Gasteiger partial charge >= 0.3 is 21.3 Å². The minimum atomic E-state index is -5.86. The Bertz CT molecular complexity index is 637. The fourth-order valence-corrected chi connectivity index (χ4v) is 2.82. The van der Waals surface area contributed by atoms with E-state index in [-0.39, 0.29) is 5.75 Å². The van der Waals surface area contributed by atoms with Gasteiger partial charge in [0.15, 0.2) is 6.17 Å². The average molecular weight is 484 g/mol. The molecule has 0 bridgehead atoms. The largest absolute Gasteiger partial charge is 0.465 e. The minimum absolute atomic E-state index is 0.105. The lowest BCUT2D eigenvalue weighted by molar-refractivity contribution is -0.141. The predicted molar refractivity (Wildman–Crippen MR) is 86.9 cm³/mol. The fraction of sp³-hybridized carbons (Fsp3) is 0.417. The summed E-state index contributed by atoms with van der Waals surface area (Å²) in [6, 6.07) is 7.23. The highest BCUT2D eigenvalue weighted by Crippen LogP contribution is 2.29. The summed E-state index contributed by atoms with van der Waals surface area (Å²) in [6.45, 7) is -0.724. The Labute approximate surface area is 148 Å². The normalized spacial score (nSPS) is 13.6. The van der Waals surface area contributed by atoms with Crippen molar-refractivity contribution in [2.45, 2.75) is 22.7 Å². The molecule has 130 valence electrons. The molecule has 0 saturated carbocycles. The van der Waals surface area contributed by atoms with E-state index in [0.717, 1.165) is 20.2 Å². The van der Waals surface area contributed by atoms with Crippen LogP contribution in [0.5, 0.6) is 0 Å². The third-order valence-corrected chi connectivity index (χ3v) is 5.16. The van der Waals surface area contributed by atoms with Crippen molar-refractivity contribution in [3.05, 3.63) is 27.8 Å². The SMILES string of the molecule is O=C(CSc1ccc(I)cc1)OCCC(F)C(F)(F)S(=O)(=O)O. The third-order valence-electron chi connectivity index (χ3n) is 2.51. The summed E-state index contributed by atoms with van der Waals surface area (Å²) in [4.78, 5) is 12.2. The van der Waals surface area contributed by atoms with Crippen LogP contribution in [0.4, 0.5) is 13.2 Å². The first-order valence-electron chi connectivity index (χ1n) is 6.07. The number of carbonyl (C=O) groups excluding carboxylic acids is 1. The molecule has 0 spiro atoms. The van der Waals surface area contributed by atoms with Crippen LogP contribution in [-0.2, 0) is 19.6 Å². The van der Waals surface area contributed by atoms with Gasteiger partial charge in [0.25, 0.3) is 0 Å². The lowest BCUT2D eigenvalue weighted by Gasteiger charge is -2.17. The van der Waals surface area contributed by atoms with E-state index in [9.17, 15) is 26.4 Å². The molecule has 0 radical (unpaired) electrons. The van der Waals surface area contributed by atoms with Gasteiger partial charge in [-0.2, -0.15) is 17.2 Å². The molecule has 0 aliphatic heterocycles. The van der Waals surface area contributed by atoms with Gasteiger partial charge < -0.3 is 4.74 Å². The molecule has 0 heterocycles. The topological polar surface area (TPSA) is 80.7 Å². The lowest BCUT2D eigenvalue weighted by Crippen LogP contribution is -2.39. The van der Waals surface area contributed by atoms with E-state index in [1.54, 1.807) is 12.1 Å². The summed E-state index contributed by atoms with van der Waals surface area (Å²) >= 11 is 3.27. The van der Waals surface area contributed by atoms with Gasteiger partial charge in [0.1, 0.15) is 0 Å². The second-order valence-corrected chi connectivity index (χ2v) is 8.04. The van der Waals surface area contributed by atoms with Crippen molar-refractivity contribution < 1.29 is 35.7 Å². The van der Waals surface area contributed by atoms with Gasteiger partial charge in [0.2, 0.25) is 0 Å². The zero-order valence-electron chi connectivity index (χ0n) is 11.4. The van der Waals surface area contributed by atoms with Crippen molar-refractivity contribution >= 4 is 50.4 Å². The highest BCUT2D eigenvalue weighted by Gasteiger charge is 2.52. The van der Waals surface area contributed by atoms with Crippen LogP contribution in [0.25, 0.3) is 0 Å². The first-order valence-corrected chi connectivity index (χ1v) is 9.57. The molecule has 0 saturated heterocycles. The summed E-state index contributed by atoms with van der Waals surface area (Å²) < 4.78 is 73.4. The number of rotatable bonds is 8. The van der Waals surface area contributed by atoms with Gasteiger partial charge in [-0.25, -0.2) is 4.39 Å². The second-order valence-electron chi connectivity index (χ2n) is 4.26. The smallest absolute Gasteiger partial charge is 0.400 e. The van der Waals surface area contributed by atoms with Crippen molar-refractivity contribution in [1.29, 1.82) is 0 Å². The molecule has 1 rings (SSSR count). The molecule has 0 fully saturated rings. The van der Waals surface area contributed by atoms with E-state index in [1.807, 2.05) is 12.1 Å². The molecule has 1 unspecified atom stereocenters. The lowest BCUT2D eigenvalue weighted by atomic mass is 10.3. The van der Waals surface area contributed by atoms with Crippen molar-refractivity contribution in [3.63, 3.8) is 0 Å². The van der Waals surface area contributed by atoms with Gasteiger partial charge in [0.05, 0.1) is 12.4 Å². The van der Waals surface area contributed by atoms with E-state index >= 15 is 0 Å². The molecule has 5 nitrogen and oxygen atoms in total. The molecular formula is C12H12F3IO5S2. The van der Waals surface area contributed by atoms with Crippen LogP contribution in [-0.4, -0.2) is 42.7 Å². The van der Waals surface area contributed by atoms with Crippen LogP contribution in [0, 0.1) is 3.57 Å². The highest BCUT2D eigenvalue weighted by atomic mass is 127. The maximum Gasteiger partial charge on any atom is 0.400 e. The van der Waals surface area contributed by atoms with Crippen molar-refractivity contribution in [3.8, 4) is 0 Å². The Hall–Kier alpha value is -0.530. The van der Waals surface area contributed by atoms with Gasteiger partial charge in [-0.1, -0.05) is 0 Å². The third kappa shape index (κ3) is 6.47. The molecule has 1 aromatic rings. The van der Waals surface area contributed by atoms with Crippen LogP contribution >= 0.6 is 34.4 Å². The Morgan fingerprint density at radius 1 is 1.35 bits per heavy atom. The van der Waals surface area contributed by atoms with E-state index in [2.05, 4.69) is 27.3 Å². The van der Waals surface area contributed by atoms with Crippen molar-refractivity contribution in [2.24, 2.45) is 0 Å². The van der Waals surface area contributed by atoms with Crippen LogP contribution in [0.2, 0.25) is 0 Å². The van der Waals surface area contributed by atoms with Crippen LogP contribution in [0.1, 0.15) is 6.42 Å². The fourth-order valence-electron chi connectivity index (χ4n) is 1.32. The molecule has 1 atom stereocenters. The van der Waals surface area contributed by atoms with Gasteiger partial charge in [-0.3, -0.25) is 9.35 Å². The number of carbonyl (C=O) groups is 1. The van der Waals surface area contributed by atoms with Crippen molar-refractivity contribution in [2.75, 3.05) is 12.4 Å².